The average Bonchev–Trinajstić information content (AvgIpc) is 2.48. The first-order valence-corrected chi connectivity index (χ1v) is 7.55. The molecule has 112 valence electrons. The highest BCUT2D eigenvalue weighted by molar-refractivity contribution is 5.50. The van der Waals surface area contributed by atoms with E-state index in [-0.39, 0.29) is 0 Å². The molecule has 0 radical (unpaired) electrons. The fraction of sp³-hybridized carbons (Fsp3) is 0.733. The van der Waals surface area contributed by atoms with Gasteiger partial charge in [0.15, 0.2) is 0 Å². The Hall–Kier alpha value is -1.36. The second-order valence-corrected chi connectivity index (χ2v) is 5.50. The number of likely N-dealkylation sites (N-methyl/N-ethyl adjacent to an activating group) is 1. The minimum Gasteiger partial charge on any atom is -0.383 e. The van der Waals surface area contributed by atoms with Crippen molar-refractivity contribution in [3.8, 4) is 0 Å². The predicted octanol–water partition coefficient (Wildman–Crippen LogP) is 2.19. The molecule has 2 rings (SSSR count). The van der Waals surface area contributed by atoms with Gasteiger partial charge in [-0.1, -0.05) is 6.92 Å². The second-order valence-electron chi connectivity index (χ2n) is 5.50. The normalized spacial score (nSPS) is 19.1. The smallest absolute Gasteiger partial charge is 0.134 e. The summed E-state index contributed by atoms with van der Waals surface area (Å²) in [6.07, 6.45) is 4.25. The Kier molecular flexibility index (Phi) is 5.59. The molecule has 1 aromatic rings. The van der Waals surface area contributed by atoms with Crippen molar-refractivity contribution in [1.29, 1.82) is 0 Å². The maximum absolute atomic E-state index is 5.16. The Balaban J connectivity index is 2.09. The van der Waals surface area contributed by atoms with Crippen molar-refractivity contribution in [3.05, 3.63) is 12.4 Å². The van der Waals surface area contributed by atoms with Gasteiger partial charge in [-0.05, 0) is 25.7 Å². The molecule has 1 atom stereocenters. The van der Waals surface area contributed by atoms with Gasteiger partial charge in [0.05, 0.1) is 6.61 Å². The van der Waals surface area contributed by atoms with Crippen molar-refractivity contribution >= 4 is 11.6 Å². The van der Waals surface area contributed by atoms with Crippen molar-refractivity contribution in [1.82, 2.24) is 9.97 Å². The monoisotopic (exact) mass is 278 g/mol. The number of piperidine rings is 1. The van der Waals surface area contributed by atoms with E-state index in [1.165, 1.54) is 12.8 Å². The molecule has 1 aliphatic rings. The van der Waals surface area contributed by atoms with Gasteiger partial charge in [0, 0.05) is 39.4 Å². The van der Waals surface area contributed by atoms with Gasteiger partial charge in [0.25, 0.3) is 0 Å². The zero-order valence-corrected chi connectivity index (χ0v) is 12.9. The average molecular weight is 278 g/mol. The summed E-state index contributed by atoms with van der Waals surface area (Å²) in [5.41, 5.74) is 0. The second kappa shape index (κ2) is 7.43. The highest BCUT2D eigenvalue weighted by atomic mass is 16.5. The van der Waals surface area contributed by atoms with Crippen LogP contribution in [-0.4, -0.2) is 49.9 Å². The van der Waals surface area contributed by atoms with E-state index < -0.39 is 0 Å². The first-order chi connectivity index (χ1) is 9.74. The molecule has 0 N–H and O–H groups in total. The Morgan fingerprint density at radius 3 is 3.00 bits per heavy atom. The highest BCUT2D eigenvalue weighted by Crippen LogP contribution is 2.23. The fourth-order valence-corrected chi connectivity index (χ4v) is 2.72. The van der Waals surface area contributed by atoms with Crippen LogP contribution < -0.4 is 9.80 Å². The van der Waals surface area contributed by atoms with Gasteiger partial charge < -0.3 is 14.5 Å². The van der Waals surface area contributed by atoms with E-state index in [4.69, 9.17) is 4.74 Å². The summed E-state index contributed by atoms with van der Waals surface area (Å²) in [7, 11) is 1.73. The molecule has 1 saturated heterocycles. The Morgan fingerprint density at radius 2 is 2.30 bits per heavy atom. The first-order valence-electron chi connectivity index (χ1n) is 7.55. The molecule has 20 heavy (non-hydrogen) atoms. The molecule has 5 nitrogen and oxygen atoms in total. The lowest BCUT2D eigenvalue weighted by molar-refractivity contribution is 0.205. The largest absolute Gasteiger partial charge is 0.383 e. The molecule has 0 aromatic carbocycles. The molecular formula is C15H26N4O. The number of nitrogens with zero attached hydrogens (tertiary/aromatic N) is 4. The van der Waals surface area contributed by atoms with Crippen molar-refractivity contribution < 1.29 is 4.74 Å². The Bertz CT molecular complexity index is 413. The lowest BCUT2D eigenvalue weighted by Crippen LogP contribution is -2.35. The van der Waals surface area contributed by atoms with Crippen LogP contribution in [0.4, 0.5) is 11.6 Å². The maximum atomic E-state index is 5.16. The zero-order chi connectivity index (χ0) is 14.4. The van der Waals surface area contributed by atoms with Crippen LogP contribution in [0.3, 0.4) is 0 Å². The van der Waals surface area contributed by atoms with Crippen LogP contribution >= 0.6 is 0 Å². The standard InChI is InChI=1S/C15H26N4O/c1-4-18(8-9-20-3)14-10-15(17-12-16-14)19-7-5-6-13(2)11-19/h10,12-13H,4-9,11H2,1-3H3. The third-order valence-corrected chi connectivity index (χ3v) is 3.89. The minimum atomic E-state index is 0.716. The fourth-order valence-electron chi connectivity index (χ4n) is 2.72. The SMILES string of the molecule is CCN(CCOC)c1cc(N2CCCC(C)C2)ncn1. The molecular weight excluding hydrogens is 252 g/mol. The quantitative estimate of drug-likeness (QED) is 0.798. The highest BCUT2D eigenvalue weighted by Gasteiger charge is 2.18. The molecule has 1 aromatic heterocycles. The molecule has 0 saturated carbocycles. The lowest BCUT2D eigenvalue weighted by Gasteiger charge is -2.32. The summed E-state index contributed by atoms with van der Waals surface area (Å²) in [6.45, 7) is 9.15. The van der Waals surface area contributed by atoms with Gasteiger partial charge in [0.1, 0.15) is 18.0 Å². The van der Waals surface area contributed by atoms with Gasteiger partial charge in [-0.15, -0.1) is 0 Å². The van der Waals surface area contributed by atoms with E-state index in [9.17, 15) is 0 Å². The van der Waals surface area contributed by atoms with E-state index in [2.05, 4.69) is 39.7 Å². The van der Waals surface area contributed by atoms with Crippen molar-refractivity contribution in [2.24, 2.45) is 5.92 Å². The van der Waals surface area contributed by atoms with Crippen LogP contribution in [0.5, 0.6) is 0 Å². The molecule has 0 amide bonds. The number of ether oxygens (including phenoxy) is 1. The summed E-state index contributed by atoms with van der Waals surface area (Å²) < 4.78 is 5.16. The van der Waals surface area contributed by atoms with Crippen LogP contribution in [0.15, 0.2) is 12.4 Å². The molecule has 1 fully saturated rings. The predicted molar refractivity (Wildman–Crippen MR) is 82.4 cm³/mol. The van der Waals surface area contributed by atoms with Crippen LogP contribution in [0, 0.1) is 5.92 Å². The summed E-state index contributed by atoms with van der Waals surface area (Å²) in [4.78, 5) is 13.5. The van der Waals surface area contributed by atoms with E-state index in [0.29, 0.717) is 6.61 Å². The van der Waals surface area contributed by atoms with Crippen LogP contribution in [-0.2, 0) is 4.74 Å². The third-order valence-electron chi connectivity index (χ3n) is 3.89. The summed E-state index contributed by atoms with van der Waals surface area (Å²) in [5.74, 6) is 2.79. The van der Waals surface area contributed by atoms with Gasteiger partial charge in [-0.25, -0.2) is 9.97 Å². The number of rotatable bonds is 6. The van der Waals surface area contributed by atoms with Gasteiger partial charge in [-0.3, -0.25) is 0 Å². The molecule has 0 bridgehead atoms. The number of methoxy groups -OCH3 is 1. The van der Waals surface area contributed by atoms with Crippen LogP contribution in [0.25, 0.3) is 0 Å². The molecule has 5 heteroatoms. The van der Waals surface area contributed by atoms with E-state index >= 15 is 0 Å². The van der Waals surface area contributed by atoms with E-state index in [1.54, 1.807) is 13.4 Å². The zero-order valence-electron chi connectivity index (χ0n) is 12.9. The van der Waals surface area contributed by atoms with Crippen molar-refractivity contribution in [2.75, 3.05) is 49.7 Å². The molecule has 1 unspecified atom stereocenters. The van der Waals surface area contributed by atoms with Gasteiger partial charge in [0.2, 0.25) is 0 Å². The number of aromatic nitrogens is 2. The summed E-state index contributed by atoms with van der Waals surface area (Å²) in [5, 5.41) is 0. The van der Waals surface area contributed by atoms with E-state index in [1.807, 2.05) is 0 Å². The first kappa shape index (κ1) is 15.0. The lowest BCUT2D eigenvalue weighted by atomic mass is 10.0. The van der Waals surface area contributed by atoms with Crippen LogP contribution in [0.1, 0.15) is 26.7 Å². The molecule has 1 aliphatic heterocycles. The summed E-state index contributed by atoms with van der Waals surface area (Å²) in [6, 6.07) is 2.11. The third kappa shape index (κ3) is 3.82. The Morgan fingerprint density at radius 1 is 1.45 bits per heavy atom. The number of hydrogen-bond donors (Lipinski definition) is 0. The van der Waals surface area contributed by atoms with Crippen molar-refractivity contribution in [2.45, 2.75) is 26.7 Å². The maximum Gasteiger partial charge on any atom is 0.134 e. The molecule has 0 aliphatic carbocycles. The Labute approximate surface area is 122 Å². The molecule has 2 heterocycles. The van der Waals surface area contributed by atoms with E-state index in [0.717, 1.165) is 43.7 Å². The van der Waals surface area contributed by atoms with Crippen molar-refractivity contribution in [3.63, 3.8) is 0 Å². The molecule has 0 spiro atoms. The van der Waals surface area contributed by atoms with Gasteiger partial charge >= 0.3 is 0 Å². The van der Waals surface area contributed by atoms with Gasteiger partial charge in [-0.2, -0.15) is 0 Å². The minimum absolute atomic E-state index is 0.716. The number of anilines is 2. The topological polar surface area (TPSA) is 41.5 Å². The number of hydrogen-bond acceptors (Lipinski definition) is 5. The van der Waals surface area contributed by atoms with Crippen LogP contribution in [0.2, 0.25) is 0 Å². The summed E-state index contributed by atoms with van der Waals surface area (Å²) >= 11 is 0.